The van der Waals surface area contributed by atoms with Crippen LogP contribution in [-0.4, -0.2) is 49.9 Å². The van der Waals surface area contributed by atoms with Gasteiger partial charge < -0.3 is 10.1 Å². The zero-order valence-electron chi connectivity index (χ0n) is 17.0. The number of nitrogens with zero attached hydrogens (tertiary/aromatic N) is 2. The van der Waals surface area contributed by atoms with Gasteiger partial charge in [-0.2, -0.15) is 4.31 Å². The zero-order valence-corrected chi connectivity index (χ0v) is 18.6. The van der Waals surface area contributed by atoms with Gasteiger partial charge in [-0.05, 0) is 24.1 Å². The Morgan fingerprint density at radius 3 is 2.66 bits per heavy atom. The maximum Gasteiger partial charge on any atom is 0.251 e. The highest BCUT2D eigenvalue weighted by Crippen LogP contribution is 2.24. The van der Waals surface area contributed by atoms with Crippen LogP contribution in [0.5, 0.6) is 0 Å². The van der Waals surface area contributed by atoms with Crippen molar-refractivity contribution in [1.29, 1.82) is 0 Å². The number of amides is 1. The van der Waals surface area contributed by atoms with Crippen molar-refractivity contribution < 1.29 is 17.9 Å². The Morgan fingerprint density at radius 1 is 1.31 bits per heavy atom. The lowest BCUT2D eigenvalue weighted by atomic mass is 10.1. The number of nitrogens with one attached hydrogen (secondary N) is 1. The largest absolute Gasteiger partial charge is 0.379 e. The van der Waals surface area contributed by atoms with Crippen LogP contribution in [0, 0.1) is 0 Å². The van der Waals surface area contributed by atoms with E-state index in [2.05, 4.69) is 24.1 Å². The van der Waals surface area contributed by atoms with E-state index in [-0.39, 0.29) is 10.8 Å². The smallest absolute Gasteiger partial charge is 0.251 e. The summed E-state index contributed by atoms with van der Waals surface area (Å²) >= 11 is 1.57. The summed E-state index contributed by atoms with van der Waals surface area (Å²) < 4.78 is 32.9. The van der Waals surface area contributed by atoms with Crippen molar-refractivity contribution in [3.63, 3.8) is 0 Å². The highest BCUT2D eigenvalue weighted by Gasteiger charge is 2.29. The number of aryl methyl sites for hydroxylation is 1. The van der Waals surface area contributed by atoms with E-state index in [0.29, 0.717) is 56.3 Å². The first kappa shape index (κ1) is 21.9. The van der Waals surface area contributed by atoms with Gasteiger partial charge in [0.05, 0.1) is 35.4 Å². The van der Waals surface area contributed by atoms with Gasteiger partial charge in [-0.1, -0.05) is 26.8 Å². The van der Waals surface area contributed by atoms with E-state index in [1.54, 1.807) is 23.5 Å². The van der Waals surface area contributed by atoms with Crippen molar-refractivity contribution in [3.8, 4) is 0 Å². The molecule has 2 heterocycles. The molecule has 9 heteroatoms. The maximum atomic E-state index is 13.1. The molecule has 0 unspecified atom stereocenters. The third-order valence-electron chi connectivity index (χ3n) is 4.79. The van der Waals surface area contributed by atoms with Gasteiger partial charge in [0, 0.05) is 30.0 Å². The second-order valence-corrected chi connectivity index (χ2v) is 10.0. The number of hydrogen-bond donors (Lipinski definition) is 1. The molecule has 29 heavy (non-hydrogen) atoms. The minimum absolute atomic E-state index is 0.199. The molecule has 0 spiro atoms. The monoisotopic (exact) mass is 437 g/mol. The molecular formula is C20H27N3O4S2. The van der Waals surface area contributed by atoms with E-state index < -0.39 is 10.0 Å². The third-order valence-corrected chi connectivity index (χ3v) is 7.97. The molecule has 0 radical (unpaired) electrons. The molecule has 1 aromatic heterocycles. The van der Waals surface area contributed by atoms with Crippen molar-refractivity contribution in [2.45, 2.75) is 44.6 Å². The standard InChI is InChI=1S/C20H27N3O4S2/c1-4-15-5-6-16(11-18(15)29(25,26)23-7-9-27-10-8-23)19(24)21-12-17-13-28-20(22-17)14(2)3/h5-6,11,13-14H,4,7-10,12H2,1-3H3,(H,21,24). The van der Waals surface area contributed by atoms with Gasteiger partial charge in [-0.25, -0.2) is 13.4 Å². The number of sulfonamides is 1. The van der Waals surface area contributed by atoms with Gasteiger partial charge in [-0.15, -0.1) is 11.3 Å². The van der Waals surface area contributed by atoms with E-state index in [9.17, 15) is 13.2 Å². The fourth-order valence-electron chi connectivity index (χ4n) is 3.10. The Morgan fingerprint density at radius 2 is 2.03 bits per heavy atom. The first-order valence-corrected chi connectivity index (χ1v) is 12.1. The van der Waals surface area contributed by atoms with Crippen LogP contribution in [-0.2, 0) is 27.7 Å². The number of morpholine rings is 1. The molecule has 0 bridgehead atoms. The molecule has 1 aromatic carbocycles. The Balaban J connectivity index is 1.79. The molecule has 0 saturated carbocycles. The summed E-state index contributed by atoms with van der Waals surface area (Å²) in [5.41, 5.74) is 1.83. The number of carbonyl (C=O) groups excluding carboxylic acids is 1. The molecule has 1 aliphatic rings. The fraction of sp³-hybridized carbons (Fsp3) is 0.500. The van der Waals surface area contributed by atoms with Crippen LogP contribution < -0.4 is 5.32 Å². The number of rotatable bonds is 7. The van der Waals surface area contributed by atoms with Gasteiger partial charge in [-0.3, -0.25) is 4.79 Å². The summed E-state index contributed by atoms with van der Waals surface area (Å²) in [6.45, 7) is 7.78. The van der Waals surface area contributed by atoms with Crippen LogP contribution >= 0.6 is 11.3 Å². The highest BCUT2D eigenvalue weighted by molar-refractivity contribution is 7.89. The normalized spacial score (nSPS) is 15.6. The summed E-state index contributed by atoms with van der Waals surface area (Å²) in [5.74, 6) is 0.0316. The average Bonchev–Trinajstić information content (AvgIpc) is 3.21. The predicted octanol–water partition coefficient (Wildman–Crippen LogP) is 2.78. The van der Waals surface area contributed by atoms with Crippen molar-refractivity contribution in [2.75, 3.05) is 26.3 Å². The van der Waals surface area contributed by atoms with Crippen molar-refractivity contribution in [2.24, 2.45) is 0 Å². The molecule has 1 saturated heterocycles. The van der Waals surface area contributed by atoms with Crippen molar-refractivity contribution in [1.82, 2.24) is 14.6 Å². The topological polar surface area (TPSA) is 88.6 Å². The molecule has 7 nitrogen and oxygen atoms in total. The van der Waals surface area contributed by atoms with Crippen molar-refractivity contribution in [3.05, 3.63) is 45.4 Å². The van der Waals surface area contributed by atoms with Crippen LogP contribution in [0.25, 0.3) is 0 Å². The molecule has 1 amide bonds. The third kappa shape index (κ3) is 5.03. The lowest BCUT2D eigenvalue weighted by Gasteiger charge is -2.27. The molecule has 1 N–H and O–H groups in total. The quantitative estimate of drug-likeness (QED) is 0.720. The summed E-state index contributed by atoms with van der Waals surface area (Å²) in [5, 5.41) is 5.80. The Hall–Kier alpha value is -1.81. The second kappa shape index (κ2) is 9.34. The molecular weight excluding hydrogens is 410 g/mol. The fourth-order valence-corrected chi connectivity index (χ4v) is 5.66. The minimum atomic E-state index is -3.67. The SMILES string of the molecule is CCc1ccc(C(=O)NCc2csc(C(C)C)n2)cc1S(=O)(=O)N1CCOCC1. The summed E-state index contributed by atoms with van der Waals surface area (Å²) in [6, 6.07) is 4.88. The average molecular weight is 438 g/mol. The first-order chi connectivity index (χ1) is 13.8. The van der Waals surface area contributed by atoms with Gasteiger partial charge in [0.1, 0.15) is 0 Å². The Bertz CT molecular complexity index is 964. The first-order valence-electron chi connectivity index (χ1n) is 9.76. The molecule has 1 aliphatic heterocycles. The van der Waals surface area contributed by atoms with Gasteiger partial charge >= 0.3 is 0 Å². The lowest BCUT2D eigenvalue weighted by Crippen LogP contribution is -2.41. The predicted molar refractivity (Wildman–Crippen MR) is 113 cm³/mol. The van der Waals surface area contributed by atoms with Crippen LogP contribution in [0.2, 0.25) is 0 Å². The minimum Gasteiger partial charge on any atom is -0.379 e. The second-order valence-electron chi connectivity index (χ2n) is 7.21. The molecule has 1 fully saturated rings. The lowest BCUT2D eigenvalue weighted by molar-refractivity contribution is 0.0730. The molecule has 158 valence electrons. The van der Waals surface area contributed by atoms with Gasteiger partial charge in [0.15, 0.2) is 0 Å². The van der Waals surface area contributed by atoms with Crippen LogP contribution in [0.1, 0.15) is 53.3 Å². The van der Waals surface area contributed by atoms with Crippen LogP contribution in [0.15, 0.2) is 28.5 Å². The van der Waals surface area contributed by atoms with Crippen molar-refractivity contribution >= 4 is 27.3 Å². The van der Waals surface area contributed by atoms with E-state index in [1.165, 1.54) is 10.4 Å². The highest BCUT2D eigenvalue weighted by atomic mass is 32.2. The van der Waals surface area contributed by atoms with E-state index in [4.69, 9.17) is 4.74 Å². The molecule has 0 atom stereocenters. The number of benzene rings is 1. The van der Waals surface area contributed by atoms with Crippen LogP contribution in [0.4, 0.5) is 0 Å². The van der Waals surface area contributed by atoms with Gasteiger partial charge in [0.25, 0.3) is 5.91 Å². The van der Waals surface area contributed by atoms with E-state index in [0.717, 1.165) is 10.7 Å². The molecule has 3 rings (SSSR count). The summed E-state index contributed by atoms with van der Waals surface area (Å²) in [6.07, 6.45) is 0.567. The summed E-state index contributed by atoms with van der Waals surface area (Å²) in [7, 11) is -3.67. The number of hydrogen-bond acceptors (Lipinski definition) is 6. The maximum absolute atomic E-state index is 13.1. The molecule has 2 aromatic rings. The van der Waals surface area contributed by atoms with E-state index >= 15 is 0 Å². The zero-order chi connectivity index (χ0) is 21.0. The van der Waals surface area contributed by atoms with E-state index in [1.807, 2.05) is 12.3 Å². The number of aromatic nitrogens is 1. The Kier molecular flexibility index (Phi) is 7.05. The number of carbonyl (C=O) groups is 1. The number of ether oxygens (including phenoxy) is 1. The Labute approximate surface area is 176 Å². The number of thiazole rings is 1. The summed E-state index contributed by atoms with van der Waals surface area (Å²) in [4.78, 5) is 17.4. The van der Waals surface area contributed by atoms with Gasteiger partial charge in [0.2, 0.25) is 10.0 Å². The van der Waals surface area contributed by atoms with Crippen LogP contribution in [0.3, 0.4) is 0 Å². The molecule has 0 aliphatic carbocycles.